The van der Waals surface area contributed by atoms with E-state index < -0.39 is 10.0 Å². The lowest BCUT2D eigenvalue weighted by atomic mass is 10.5. The zero-order valence-electron chi connectivity index (χ0n) is 7.16. The highest BCUT2D eigenvalue weighted by Gasteiger charge is 2.35. The molecule has 1 saturated carbocycles. The predicted molar refractivity (Wildman–Crippen MR) is 46.2 cm³/mol. The van der Waals surface area contributed by atoms with Crippen LogP contribution in [0.2, 0.25) is 0 Å². The first kappa shape index (κ1) is 9.95. The van der Waals surface area contributed by atoms with E-state index >= 15 is 0 Å². The van der Waals surface area contributed by atoms with E-state index in [0.717, 1.165) is 6.42 Å². The van der Waals surface area contributed by atoms with Crippen LogP contribution in [0.4, 0.5) is 0 Å². The molecule has 0 bridgehead atoms. The molecule has 0 aromatic heterocycles. The molecule has 12 heavy (non-hydrogen) atoms. The molecule has 0 aromatic carbocycles. The van der Waals surface area contributed by atoms with E-state index in [2.05, 4.69) is 4.72 Å². The van der Waals surface area contributed by atoms with E-state index in [1.165, 1.54) is 0 Å². The molecule has 0 heterocycles. The lowest BCUT2D eigenvalue weighted by Gasteiger charge is -2.03. The molecule has 0 aliphatic heterocycles. The Morgan fingerprint density at radius 3 is 2.58 bits per heavy atom. The maximum atomic E-state index is 11.2. The highest BCUT2D eigenvalue weighted by molar-refractivity contribution is 7.89. The van der Waals surface area contributed by atoms with Crippen molar-refractivity contribution in [1.29, 1.82) is 0 Å². The molecule has 4 nitrogen and oxygen atoms in total. The average molecular weight is 193 g/mol. The molecule has 1 rings (SSSR count). The third-order valence-electron chi connectivity index (χ3n) is 2.01. The number of hydrogen-bond donors (Lipinski definition) is 2. The first-order chi connectivity index (χ1) is 5.55. The Hall–Kier alpha value is -0.130. The summed E-state index contributed by atoms with van der Waals surface area (Å²) in [6, 6.07) is 0.147. The summed E-state index contributed by atoms with van der Waals surface area (Å²) in [4.78, 5) is 0. The Balaban J connectivity index is 2.28. The quantitative estimate of drug-likeness (QED) is 0.630. The Morgan fingerprint density at radius 1 is 1.58 bits per heavy atom. The standard InChI is InChI=1S/C7H15NO3S/c1-6-5-7(6)8-12(10,11)4-2-3-9/h6-9H,2-5H2,1H3. The Labute approximate surface area is 73.0 Å². The van der Waals surface area contributed by atoms with Crippen LogP contribution in [0.5, 0.6) is 0 Å². The molecule has 0 aromatic rings. The van der Waals surface area contributed by atoms with Gasteiger partial charge in [-0.15, -0.1) is 0 Å². The molecule has 0 radical (unpaired) electrons. The second kappa shape index (κ2) is 3.72. The number of aliphatic hydroxyl groups is 1. The molecular weight excluding hydrogens is 178 g/mol. The SMILES string of the molecule is CC1CC1NS(=O)(=O)CCCO. The molecule has 2 unspecified atom stereocenters. The molecule has 1 aliphatic rings. The summed E-state index contributed by atoms with van der Waals surface area (Å²) in [5.41, 5.74) is 0. The summed E-state index contributed by atoms with van der Waals surface area (Å²) in [7, 11) is -3.12. The molecule has 0 saturated heterocycles. The molecule has 0 amide bonds. The van der Waals surface area contributed by atoms with E-state index in [4.69, 9.17) is 5.11 Å². The molecule has 1 aliphatic carbocycles. The van der Waals surface area contributed by atoms with Gasteiger partial charge in [0.15, 0.2) is 0 Å². The highest BCUT2D eigenvalue weighted by atomic mass is 32.2. The third-order valence-corrected chi connectivity index (χ3v) is 3.50. The smallest absolute Gasteiger partial charge is 0.211 e. The van der Waals surface area contributed by atoms with Crippen molar-refractivity contribution in [2.75, 3.05) is 12.4 Å². The molecule has 1 fully saturated rings. The summed E-state index contributed by atoms with van der Waals surface area (Å²) in [6.07, 6.45) is 1.26. The Morgan fingerprint density at radius 2 is 2.17 bits per heavy atom. The third kappa shape index (κ3) is 3.08. The van der Waals surface area contributed by atoms with E-state index in [-0.39, 0.29) is 18.4 Å². The zero-order valence-corrected chi connectivity index (χ0v) is 7.97. The minimum absolute atomic E-state index is 0.0344. The minimum atomic E-state index is -3.12. The average Bonchev–Trinajstić information content (AvgIpc) is 2.61. The van der Waals surface area contributed by atoms with E-state index in [1.54, 1.807) is 0 Å². The van der Waals surface area contributed by atoms with E-state index in [0.29, 0.717) is 12.3 Å². The predicted octanol–water partition coefficient (Wildman–Crippen LogP) is -0.303. The summed E-state index contributed by atoms with van der Waals surface area (Å²) < 4.78 is 24.9. The van der Waals surface area contributed by atoms with Crippen molar-refractivity contribution in [3.63, 3.8) is 0 Å². The monoisotopic (exact) mass is 193 g/mol. The summed E-state index contributed by atoms with van der Waals surface area (Å²) in [5.74, 6) is 0.515. The summed E-state index contributed by atoms with van der Waals surface area (Å²) in [5, 5.41) is 8.44. The minimum Gasteiger partial charge on any atom is -0.396 e. The van der Waals surface area contributed by atoms with Crippen LogP contribution in [0.25, 0.3) is 0 Å². The lowest BCUT2D eigenvalue weighted by molar-refractivity contribution is 0.295. The number of nitrogens with one attached hydrogen (secondary N) is 1. The van der Waals surface area contributed by atoms with Crippen LogP contribution in [-0.2, 0) is 10.0 Å². The van der Waals surface area contributed by atoms with E-state index in [9.17, 15) is 8.42 Å². The van der Waals surface area contributed by atoms with Gasteiger partial charge in [-0.05, 0) is 18.8 Å². The normalized spacial score (nSPS) is 28.8. The second-order valence-electron chi connectivity index (χ2n) is 3.33. The topological polar surface area (TPSA) is 66.4 Å². The molecule has 0 spiro atoms. The van der Waals surface area contributed by atoms with Gasteiger partial charge in [0.25, 0.3) is 0 Å². The second-order valence-corrected chi connectivity index (χ2v) is 5.21. The molecule has 2 atom stereocenters. The van der Waals surface area contributed by atoms with Crippen molar-refractivity contribution in [2.45, 2.75) is 25.8 Å². The largest absolute Gasteiger partial charge is 0.396 e. The van der Waals surface area contributed by atoms with Crippen LogP contribution < -0.4 is 4.72 Å². The van der Waals surface area contributed by atoms with Gasteiger partial charge in [0.1, 0.15) is 0 Å². The van der Waals surface area contributed by atoms with Crippen molar-refractivity contribution in [3.05, 3.63) is 0 Å². The van der Waals surface area contributed by atoms with Gasteiger partial charge in [0.05, 0.1) is 5.75 Å². The first-order valence-electron chi connectivity index (χ1n) is 4.16. The van der Waals surface area contributed by atoms with Gasteiger partial charge in [-0.1, -0.05) is 6.92 Å². The fourth-order valence-corrected chi connectivity index (χ4v) is 2.45. The van der Waals surface area contributed by atoms with Crippen LogP contribution in [0, 0.1) is 5.92 Å². The van der Waals surface area contributed by atoms with Crippen LogP contribution in [0.3, 0.4) is 0 Å². The van der Waals surface area contributed by atoms with Crippen molar-refractivity contribution < 1.29 is 13.5 Å². The molecule has 72 valence electrons. The van der Waals surface area contributed by atoms with Crippen LogP contribution in [0.1, 0.15) is 19.8 Å². The van der Waals surface area contributed by atoms with Crippen molar-refractivity contribution in [1.82, 2.24) is 4.72 Å². The number of hydrogen-bond acceptors (Lipinski definition) is 3. The number of rotatable bonds is 5. The van der Waals surface area contributed by atoms with Gasteiger partial charge >= 0.3 is 0 Å². The lowest BCUT2D eigenvalue weighted by Crippen LogP contribution is -2.29. The van der Waals surface area contributed by atoms with Crippen LogP contribution in [-0.4, -0.2) is 31.9 Å². The van der Waals surface area contributed by atoms with E-state index in [1.807, 2.05) is 6.92 Å². The Kier molecular flexibility index (Phi) is 3.09. The van der Waals surface area contributed by atoms with Crippen molar-refractivity contribution in [3.8, 4) is 0 Å². The van der Waals surface area contributed by atoms with Crippen LogP contribution >= 0.6 is 0 Å². The number of sulfonamides is 1. The highest BCUT2D eigenvalue weighted by Crippen LogP contribution is 2.29. The fourth-order valence-electron chi connectivity index (χ4n) is 1.03. The van der Waals surface area contributed by atoms with Gasteiger partial charge < -0.3 is 5.11 Å². The molecule has 2 N–H and O–H groups in total. The van der Waals surface area contributed by atoms with Gasteiger partial charge in [0.2, 0.25) is 10.0 Å². The Bertz CT molecular complexity index is 237. The van der Waals surface area contributed by atoms with Gasteiger partial charge in [-0.25, -0.2) is 13.1 Å². The summed E-state index contributed by atoms with van der Waals surface area (Å²) in [6.45, 7) is 1.94. The summed E-state index contributed by atoms with van der Waals surface area (Å²) >= 11 is 0. The zero-order chi connectivity index (χ0) is 9.19. The van der Waals surface area contributed by atoms with Crippen molar-refractivity contribution >= 4 is 10.0 Å². The number of aliphatic hydroxyl groups excluding tert-OH is 1. The van der Waals surface area contributed by atoms with Crippen LogP contribution in [0.15, 0.2) is 0 Å². The maximum absolute atomic E-state index is 11.2. The first-order valence-corrected chi connectivity index (χ1v) is 5.81. The maximum Gasteiger partial charge on any atom is 0.211 e. The van der Waals surface area contributed by atoms with Crippen molar-refractivity contribution in [2.24, 2.45) is 5.92 Å². The fraction of sp³-hybridized carbons (Fsp3) is 1.00. The van der Waals surface area contributed by atoms with Gasteiger partial charge in [0, 0.05) is 12.6 Å². The van der Waals surface area contributed by atoms with Gasteiger partial charge in [-0.2, -0.15) is 0 Å². The molecule has 5 heteroatoms. The molecular formula is C7H15NO3S. The van der Waals surface area contributed by atoms with Gasteiger partial charge in [-0.3, -0.25) is 0 Å².